The van der Waals surface area contributed by atoms with Gasteiger partial charge in [-0.3, -0.25) is 4.18 Å². The Hall–Kier alpha value is -1.65. The molecule has 2 rings (SSSR count). The van der Waals surface area contributed by atoms with Crippen LogP contribution in [0.2, 0.25) is 0 Å². The van der Waals surface area contributed by atoms with E-state index in [2.05, 4.69) is 25.1 Å². The molecule has 0 atom stereocenters. The number of hydrogen-bond acceptors (Lipinski definition) is 3. The van der Waals surface area contributed by atoms with Crippen LogP contribution in [0.1, 0.15) is 29.5 Å². The maximum atomic E-state index is 12.0. The summed E-state index contributed by atoms with van der Waals surface area (Å²) in [5.74, 6) is 0. The van der Waals surface area contributed by atoms with Crippen LogP contribution in [-0.2, 0) is 20.7 Å². The molecule has 22 heavy (non-hydrogen) atoms. The van der Waals surface area contributed by atoms with Crippen LogP contribution in [0.15, 0.2) is 53.4 Å². The van der Waals surface area contributed by atoms with Gasteiger partial charge in [0.25, 0.3) is 10.1 Å². The fraction of sp³-hybridized carbons (Fsp3) is 0.333. The summed E-state index contributed by atoms with van der Waals surface area (Å²) < 4.78 is 29.1. The van der Waals surface area contributed by atoms with Crippen LogP contribution in [0.4, 0.5) is 0 Å². The zero-order valence-electron chi connectivity index (χ0n) is 13.1. The summed E-state index contributed by atoms with van der Waals surface area (Å²) in [4.78, 5) is 0.219. The fourth-order valence-electron chi connectivity index (χ4n) is 2.24. The van der Waals surface area contributed by atoms with Gasteiger partial charge in [-0.05, 0) is 50.8 Å². The van der Waals surface area contributed by atoms with E-state index in [0.29, 0.717) is 0 Å². The predicted octanol–water partition coefficient (Wildman–Crippen LogP) is 4.03. The summed E-state index contributed by atoms with van der Waals surface area (Å²) in [5.41, 5.74) is 3.55. The number of rotatable bonds is 7. The van der Waals surface area contributed by atoms with Crippen LogP contribution in [0, 0.1) is 13.8 Å². The monoisotopic (exact) mass is 318 g/mol. The summed E-state index contributed by atoms with van der Waals surface area (Å²) in [5, 5.41) is 0. The van der Waals surface area contributed by atoms with Gasteiger partial charge in [0.15, 0.2) is 0 Å². The smallest absolute Gasteiger partial charge is 0.266 e. The van der Waals surface area contributed by atoms with Gasteiger partial charge >= 0.3 is 0 Å². The molecule has 0 bridgehead atoms. The van der Waals surface area contributed by atoms with Crippen molar-refractivity contribution in [3.63, 3.8) is 0 Å². The standard InChI is InChI=1S/C18H22O3S/c1-15-9-11-18(12-10-15)22(19,20)21-13-4-3-7-17-8-5-6-16(2)14-17/h5-6,8-12,14H,3-4,7,13H2,1-2H3. The minimum absolute atomic E-state index is 0.219. The Kier molecular flexibility index (Phi) is 5.75. The van der Waals surface area contributed by atoms with Crippen molar-refractivity contribution in [3.05, 3.63) is 65.2 Å². The van der Waals surface area contributed by atoms with Crippen molar-refractivity contribution >= 4 is 10.1 Å². The summed E-state index contributed by atoms with van der Waals surface area (Å²) in [7, 11) is -3.63. The van der Waals surface area contributed by atoms with Crippen molar-refractivity contribution in [1.29, 1.82) is 0 Å². The van der Waals surface area contributed by atoms with Gasteiger partial charge in [0.05, 0.1) is 11.5 Å². The van der Waals surface area contributed by atoms with Gasteiger partial charge in [0, 0.05) is 0 Å². The third-order valence-electron chi connectivity index (χ3n) is 3.49. The molecule has 0 fully saturated rings. The van der Waals surface area contributed by atoms with E-state index in [1.165, 1.54) is 11.1 Å². The van der Waals surface area contributed by atoms with Crippen molar-refractivity contribution in [1.82, 2.24) is 0 Å². The molecule has 4 heteroatoms. The van der Waals surface area contributed by atoms with Crippen LogP contribution in [0.5, 0.6) is 0 Å². The van der Waals surface area contributed by atoms with Gasteiger partial charge in [-0.1, -0.05) is 47.5 Å². The average Bonchev–Trinajstić information content (AvgIpc) is 2.47. The molecule has 0 saturated carbocycles. The topological polar surface area (TPSA) is 43.4 Å². The van der Waals surface area contributed by atoms with Crippen LogP contribution >= 0.6 is 0 Å². The number of benzene rings is 2. The molecule has 0 radical (unpaired) electrons. The highest BCUT2D eigenvalue weighted by Gasteiger charge is 2.14. The minimum Gasteiger partial charge on any atom is -0.266 e. The van der Waals surface area contributed by atoms with Crippen LogP contribution in [0.3, 0.4) is 0 Å². The Bertz CT molecular complexity index is 703. The molecule has 0 aliphatic heterocycles. The molecular weight excluding hydrogens is 296 g/mol. The molecule has 0 spiro atoms. The van der Waals surface area contributed by atoms with Crippen molar-refractivity contribution < 1.29 is 12.6 Å². The Morgan fingerprint density at radius 3 is 2.32 bits per heavy atom. The van der Waals surface area contributed by atoms with Crippen molar-refractivity contribution in [2.45, 2.75) is 38.0 Å². The van der Waals surface area contributed by atoms with Crippen molar-refractivity contribution in [2.24, 2.45) is 0 Å². The number of hydrogen-bond donors (Lipinski definition) is 0. The first-order valence-corrected chi connectivity index (χ1v) is 8.90. The third kappa shape index (κ3) is 4.97. The van der Waals surface area contributed by atoms with Crippen LogP contribution < -0.4 is 0 Å². The largest absolute Gasteiger partial charge is 0.296 e. The van der Waals surface area contributed by atoms with Gasteiger partial charge in [0.1, 0.15) is 0 Å². The van der Waals surface area contributed by atoms with Gasteiger partial charge in [-0.25, -0.2) is 0 Å². The molecule has 2 aromatic rings. The zero-order chi connectivity index (χ0) is 16.0. The minimum atomic E-state index is -3.63. The normalized spacial score (nSPS) is 11.5. The lowest BCUT2D eigenvalue weighted by Gasteiger charge is -2.06. The Morgan fingerprint density at radius 2 is 1.64 bits per heavy atom. The first-order chi connectivity index (χ1) is 10.5. The Morgan fingerprint density at radius 1 is 0.909 bits per heavy atom. The Labute approximate surface area is 133 Å². The molecule has 2 aromatic carbocycles. The summed E-state index contributed by atoms with van der Waals surface area (Å²) >= 11 is 0. The number of unbranched alkanes of at least 4 members (excludes halogenated alkanes) is 1. The van der Waals surface area contributed by atoms with E-state index in [9.17, 15) is 8.42 Å². The molecule has 0 N–H and O–H groups in total. The fourth-order valence-corrected chi connectivity index (χ4v) is 3.18. The van der Waals surface area contributed by atoms with E-state index in [4.69, 9.17) is 4.18 Å². The lowest BCUT2D eigenvalue weighted by atomic mass is 10.1. The molecule has 118 valence electrons. The maximum Gasteiger partial charge on any atom is 0.296 e. The van der Waals surface area contributed by atoms with E-state index >= 15 is 0 Å². The summed E-state index contributed by atoms with van der Waals surface area (Å²) in [6, 6.07) is 15.1. The molecule has 0 saturated heterocycles. The van der Waals surface area contributed by atoms with E-state index in [-0.39, 0.29) is 11.5 Å². The molecule has 0 aliphatic carbocycles. The molecule has 0 aliphatic rings. The lowest BCUT2D eigenvalue weighted by Crippen LogP contribution is -2.07. The van der Waals surface area contributed by atoms with Crippen molar-refractivity contribution in [3.8, 4) is 0 Å². The van der Waals surface area contributed by atoms with E-state index < -0.39 is 10.1 Å². The predicted molar refractivity (Wildman–Crippen MR) is 88.4 cm³/mol. The van der Waals surface area contributed by atoms with Crippen LogP contribution in [-0.4, -0.2) is 15.0 Å². The first kappa shape index (κ1) is 16.7. The quantitative estimate of drug-likeness (QED) is 0.572. The summed E-state index contributed by atoms with van der Waals surface area (Å²) in [6.07, 6.45) is 2.57. The molecular formula is C18H22O3S. The van der Waals surface area contributed by atoms with E-state index in [1.807, 2.05) is 13.0 Å². The van der Waals surface area contributed by atoms with E-state index in [0.717, 1.165) is 24.8 Å². The average molecular weight is 318 g/mol. The number of aryl methyl sites for hydroxylation is 3. The van der Waals surface area contributed by atoms with Gasteiger partial charge in [-0.2, -0.15) is 8.42 Å². The molecule has 3 nitrogen and oxygen atoms in total. The zero-order valence-corrected chi connectivity index (χ0v) is 13.9. The SMILES string of the molecule is Cc1ccc(S(=O)(=O)OCCCCc2cccc(C)c2)cc1. The van der Waals surface area contributed by atoms with E-state index in [1.54, 1.807) is 24.3 Å². The molecule has 0 aromatic heterocycles. The third-order valence-corrected chi connectivity index (χ3v) is 4.82. The lowest BCUT2D eigenvalue weighted by molar-refractivity contribution is 0.308. The summed E-state index contributed by atoms with van der Waals surface area (Å²) in [6.45, 7) is 4.21. The second kappa shape index (κ2) is 7.56. The molecule has 0 unspecified atom stereocenters. The highest BCUT2D eigenvalue weighted by molar-refractivity contribution is 7.86. The first-order valence-electron chi connectivity index (χ1n) is 7.49. The highest BCUT2D eigenvalue weighted by Crippen LogP contribution is 2.14. The Balaban J connectivity index is 1.77. The van der Waals surface area contributed by atoms with Gasteiger partial charge in [0.2, 0.25) is 0 Å². The molecule has 0 amide bonds. The second-order valence-electron chi connectivity index (χ2n) is 5.54. The molecule has 0 heterocycles. The highest BCUT2D eigenvalue weighted by atomic mass is 32.2. The maximum absolute atomic E-state index is 12.0. The van der Waals surface area contributed by atoms with Gasteiger partial charge < -0.3 is 0 Å². The van der Waals surface area contributed by atoms with Crippen LogP contribution in [0.25, 0.3) is 0 Å². The second-order valence-corrected chi connectivity index (χ2v) is 7.15. The van der Waals surface area contributed by atoms with Gasteiger partial charge in [-0.15, -0.1) is 0 Å². The van der Waals surface area contributed by atoms with Crippen molar-refractivity contribution in [2.75, 3.05) is 6.61 Å².